The fraction of sp³-hybridized carbons (Fsp3) is 0.167. The SMILES string of the molecule is NC(N)=O.O=C/C=C/CC=O. The molecule has 5 heteroatoms. The molecule has 11 heavy (non-hydrogen) atoms. The minimum absolute atomic E-state index is 0.332. The Morgan fingerprint density at radius 1 is 1.27 bits per heavy atom. The summed E-state index contributed by atoms with van der Waals surface area (Å²) in [7, 11) is 0. The molecule has 0 fully saturated rings. The van der Waals surface area contributed by atoms with Crippen LogP contribution in [0.2, 0.25) is 0 Å². The van der Waals surface area contributed by atoms with Gasteiger partial charge in [-0.15, -0.1) is 0 Å². The van der Waals surface area contributed by atoms with Gasteiger partial charge >= 0.3 is 6.03 Å². The van der Waals surface area contributed by atoms with Gasteiger partial charge in [-0.25, -0.2) is 4.79 Å². The summed E-state index contributed by atoms with van der Waals surface area (Å²) in [5.74, 6) is 0. The maximum atomic E-state index is 9.51. The van der Waals surface area contributed by atoms with Crippen LogP contribution in [0, 0.1) is 0 Å². The standard InChI is InChI=1S/C5H6O2.CH4N2O/c6-4-2-1-3-5-7;2-1(3)4/h1-2,4-5H,3H2;(H4,2,3,4)/b2-1+;. The third-order valence-corrected chi connectivity index (χ3v) is 0.447. The molecule has 0 heterocycles. The molecule has 0 bridgehead atoms. The lowest BCUT2D eigenvalue weighted by molar-refractivity contribution is -0.107. The predicted molar refractivity (Wildman–Crippen MR) is 39.7 cm³/mol. The molecule has 0 radical (unpaired) electrons. The number of carbonyl (C=O) groups excluding carboxylic acids is 3. The molecule has 0 aromatic rings. The fourth-order valence-electron chi connectivity index (χ4n) is 0.190. The highest BCUT2D eigenvalue weighted by Gasteiger charge is 1.66. The van der Waals surface area contributed by atoms with E-state index >= 15 is 0 Å². The van der Waals surface area contributed by atoms with Crippen molar-refractivity contribution in [2.45, 2.75) is 6.42 Å². The van der Waals surface area contributed by atoms with Gasteiger partial charge in [0.25, 0.3) is 0 Å². The first kappa shape index (κ1) is 12.1. The fourth-order valence-corrected chi connectivity index (χ4v) is 0.190. The predicted octanol–water partition coefficient (Wildman–Crippen LogP) is -0.646. The Hall–Kier alpha value is -1.65. The van der Waals surface area contributed by atoms with Gasteiger partial charge in [-0.1, -0.05) is 6.08 Å². The summed E-state index contributed by atoms with van der Waals surface area (Å²) >= 11 is 0. The van der Waals surface area contributed by atoms with E-state index < -0.39 is 6.03 Å². The zero-order valence-corrected chi connectivity index (χ0v) is 5.90. The molecule has 2 amide bonds. The lowest BCUT2D eigenvalue weighted by atomic mass is 10.4. The summed E-state index contributed by atoms with van der Waals surface area (Å²) in [4.78, 5) is 28.0. The van der Waals surface area contributed by atoms with Crippen molar-refractivity contribution in [2.24, 2.45) is 11.5 Å². The van der Waals surface area contributed by atoms with Crippen molar-refractivity contribution in [1.29, 1.82) is 0 Å². The van der Waals surface area contributed by atoms with Crippen LogP contribution in [0.25, 0.3) is 0 Å². The molecule has 0 aliphatic carbocycles. The second kappa shape index (κ2) is 11.2. The summed E-state index contributed by atoms with van der Waals surface area (Å²) < 4.78 is 0. The smallest absolute Gasteiger partial charge is 0.309 e. The average Bonchev–Trinajstić information content (AvgIpc) is 1.88. The Bertz CT molecular complexity index is 150. The maximum absolute atomic E-state index is 9.51. The summed E-state index contributed by atoms with van der Waals surface area (Å²) in [6, 6.07) is -0.833. The number of nitrogens with two attached hydrogens (primary N) is 2. The number of aldehydes is 2. The van der Waals surface area contributed by atoms with E-state index in [0.29, 0.717) is 12.7 Å². The lowest BCUT2D eigenvalue weighted by Gasteiger charge is -1.65. The van der Waals surface area contributed by atoms with E-state index in [1.54, 1.807) is 0 Å². The zero-order valence-electron chi connectivity index (χ0n) is 5.90. The van der Waals surface area contributed by atoms with Crippen LogP contribution in [0.3, 0.4) is 0 Å². The van der Waals surface area contributed by atoms with Crippen molar-refractivity contribution < 1.29 is 14.4 Å². The molecule has 62 valence electrons. The summed E-state index contributed by atoms with van der Waals surface area (Å²) in [6.07, 6.45) is 4.51. The summed E-state index contributed by atoms with van der Waals surface area (Å²) in [6.45, 7) is 0. The molecular formula is C6H10N2O3. The number of hydrogen-bond acceptors (Lipinski definition) is 3. The molecule has 0 atom stereocenters. The Labute approximate surface area is 64.0 Å². The Balaban J connectivity index is 0. The molecule has 0 aliphatic heterocycles. The minimum atomic E-state index is -0.833. The monoisotopic (exact) mass is 158 g/mol. The van der Waals surface area contributed by atoms with Crippen LogP contribution >= 0.6 is 0 Å². The van der Waals surface area contributed by atoms with Gasteiger partial charge in [0.1, 0.15) is 12.6 Å². The molecule has 0 rings (SSSR count). The molecule has 0 aromatic heterocycles. The van der Waals surface area contributed by atoms with Crippen LogP contribution in [-0.4, -0.2) is 18.6 Å². The number of hydrogen-bond donors (Lipinski definition) is 2. The number of allylic oxidation sites excluding steroid dienone is 2. The first-order chi connectivity index (χ1) is 5.15. The summed E-state index contributed by atoms with van der Waals surface area (Å²) in [5.41, 5.74) is 8.50. The molecule has 0 spiro atoms. The number of amides is 2. The second-order valence-electron chi connectivity index (χ2n) is 1.37. The van der Waals surface area contributed by atoms with Gasteiger partial charge < -0.3 is 16.3 Å². The van der Waals surface area contributed by atoms with Crippen molar-refractivity contribution in [3.8, 4) is 0 Å². The highest BCUT2D eigenvalue weighted by Crippen LogP contribution is 1.70. The van der Waals surface area contributed by atoms with Crippen molar-refractivity contribution in [3.05, 3.63) is 12.2 Å². The third kappa shape index (κ3) is 61.0. The second-order valence-corrected chi connectivity index (χ2v) is 1.37. The summed E-state index contributed by atoms with van der Waals surface area (Å²) in [5, 5.41) is 0. The molecule has 0 aliphatic rings. The normalized spacial score (nSPS) is 8.00. The maximum Gasteiger partial charge on any atom is 0.309 e. The molecule has 0 saturated carbocycles. The Morgan fingerprint density at radius 3 is 2.00 bits per heavy atom. The molecular weight excluding hydrogens is 148 g/mol. The van der Waals surface area contributed by atoms with E-state index in [1.807, 2.05) is 0 Å². The van der Waals surface area contributed by atoms with Crippen LogP contribution in [0.1, 0.15) is 6.42 Å². The van der Waals surface area contributed by atoms with Crippen LogP contribution in [-0.2, 0) is 9.59 Å². The van der Waals surface area contributed by atoms with Gasteiger partial charge in [0.05, 0.1) is 0 Å². The van der Waals surface area contributed by atoms with Crippen molar-refractivity contribution in [1.82, 2.24) is 0 Å². The van der Waals surface area contributed by atoms with Gasteiger partial charge in [-0.2, -0.15) is 0 Å². The quantitative estimate of drug-likeness (QED) is 0.421. The highest BCUT2D eigenvalue weighted by atomic mass is 16.2. The molecule has 0 aromatic carbocycles. The number of carbonyl (C=O) groups is 3. The van der Waals surface area contributed by atoms with Crippen LogP contribution < -0.4 is 11.5 Å². The van der Waals surface area contributed by atoms with Gasteiger partial charge in [-0.05, 0) is 6.08 Å². The lowest BCUT2D eigenvalue weighted by Crippen LogP contribution is -2.18. The minimum Gasteiger partial charge on any atom is -0.352 e. The Morgan fingerprint density at radius 2 is 1.73 bits per heavy atom. The zero-order chi connectivity index (χ0) is 9.11. The largest absolute Gasteiger partial charge is 0.352 e. The van der Waals surface area contributed by atoms with E-state index in [0.717, 1.165) is 6.29 Å². The van der Waals surface area contributed by atoms with E-state index in [2.05, 4.69) is 11.5 Å². The third-order valence-electron chi connectivity index (χ3n) is 0.447. The van der Waals surface area contributed by atoms with Crippen LogP contribution in [0.15, 0.2) is 12.2 Å². The van der Waals surface area contributed by atoms with E-state index in [9.17, 15) is 9.59 Å². The average molecular weight is 158 g/mol. The molecule has 0 saturated heterocycles. The molecule has 4 N–H and O–H groups in total. The number of primary amides is 2. The van der Waals surface area contributed by atoms with Crippen molar-refractivity contribution in [3.63, 3.8) is 0 Å². The van der Waals surface area contributed by atoms with Gasteiger partial charge in [0.2, 0.25) is 0 Å². The van der Waals surface area contributed by atoms with Gasteiger partial charge in [0, 0.05) is 6.42 Å². The van der Waals surface area contributed by atoms with Gasteiger partial charge in [-0.3, -0.25) is 4.79 Å². The molecule has 0 unspecified atom stereocenters. The van der Waals surface area contributed by atoms with E-state index in [-0.39, 0.29) is 0 Å². The van der Waals surface area contributed by atoms with Crippen molar-refractivity contribution in [2.75, 3.05) is 0 Å². The Kier molecular flexibility index (Phi) is 12.3. The first-order valence-corrected chi connectivity index (χ1v) is 2.74. The first-order valence-electron chi connectivity index (χ1n) is 2.74. The highest BCUT2D eigenvalue weighted by molar-refractivity contribution is 5.69. The van der Waals surface area contributed by atoms with Gasteiger partial charge in [0.15, 0.2) is 0 Å². The number of urea groups is 1. The van der Waals surface area contributed by atoms with Crippen LogP contribution in [0.4, 0.5) is 4.79 Å². The topological polar surface area (TPSA) is 103 Å². The molecule has 5 nitrogen and oxygen atoms in total. The van der Waals surface area contributed by atoms with Crippen molar-refractivity contribution >= 4 is 18.6 Å². The number of rotatable bonds is 3. The van der Waals surface area contributed by atoms with E-state index in [1.165, 1.54) is 12.2 Å². The van der Waals surface area contributed by atoms with Crippen LogP contribution in [0.5, 0.6) is 0 Å². The van der Waals surface area contributed by atoms with E-state index in [4.69, 9.17) is 4.79 Å².